The summed E-state index contributed by atoms with van der Waals surface area (Å²) in [5.74, 6) is -0.0431. The largest absolute Gasteiger partial charge is 0.478 e. The minimum Gasteiger partial charge on any atom is -0.478 e. The Kier molecular flexibility index (Phi) is 6.65. The van der Waals surface area contributed by atoms with Gasteiger partial charge >= 0.3 is 0 Å². The predicted octanol–water partition coefficient (Wildman–Crippen LogP) is 6.04. The molecule has 3 aromatic rings. The van der Waals surface area contributed by atoms with Gasteiger partial charge in [-0.3, -0.25) is 9.59 Å². The minimum absolute atomic E-state index is 0.268. The lowest BCUT2D eigenvalue weighted by Gasteiger charge is -2.25. The van der Waals surface area contributed by atoms with Gasteiger partial charge in [-0.25, -0.2) is 0 Å². The summed E-state index contributed by atoms with van der Waals surface area (Å²) in [6, 6.07) is 20.6. The molecule has 0 radical (unpaired) electrons. The quantitative estimate of drug-likeness (QED) is 0.488. The zero-order valence-corrected chi connectivity index (χ0v) is 17.9. The summed E-state index contributed by atoms with van der Waals surface area (Å²) in [4.78, 5) is 25.0. The third-order valence-corrected chi connectivity index (χ3v) is 4.79. The van der Waals surface area contributed by atoms with Crippen molar-refractivity contribution in [1.29, 1.82) is 0 Å². The monoisotopic (exact) mass is 442 g/mol. The Morgan fingerprint density at radius 1 is 0.833 bits per heavy atom. The van der Waals surface area contributed by atoms with E-state index in [1.165, 1.54) is 6.07 Å². The van der Waals surface area contributed by atoms with E-state index in [9.17, 15) is 9.59 Å². The molecular formula is C23H20Cl2N2O3. The normalized spacial score (nSPS) is 10.9. The van der Waals surface area contributed by atoms with E-state index in [2.05, 4.69) is 10.6 Å². The molecule has 2 N–H and O–H groups in total. The van der Waals surface area contributed by atoms with Crippen LogP contribution in [0.2, 0.25) is 10.0 Å². The summed E-state index contributed by atoms with van der Waals surface area (Å²) in [5.41, 5.74) is 0.383. The Bertz CT molecular complexity index is 1050. The number of halogens is 2. The van der Waals surface area contributed by atoms with E-state index in [1.807, 2.05) is 18.2 Å². The fourth-order valence-electron chi connectivity index (χ4n) is 2.62. The number of rotatable bonds is 6. The fourth-order valence-corrected chi connectivity index (χ4v) is 3.11. The van der Waals surface area contributed by atoms with Crippen molar-refractivity contribution in [3.8, 4) is 5.75 Å². The maximum Gasteiger partial charge on any atom is 0.267 e. The second kappa shape index (κ2) is 9.20. The van der Waals surface area contributed by atoms with Crippen molar-refractivity contribution in [3.63, 3.8) is 0 Å². The Morgan fingerprint density at radius 3 is 2.03 bits per heavy atom. The Balaban J connectivity index is 1.62. The van der Waals surface area contributed by atoms with Gasteiger partial charge in [-0.05, 0) is 68.4 Å². The topological polar surface area (TPSA) is 67.4 Å². The van der Waals surface area contributed by atoms with E-state index >= 15 is 0 Å². The SMILES string of the molecule is CC(C)(Oc1ccccc1)C(=O)Nc1ccc(NC(=O)c2ccc(Cl)cc2Cl)cc1. The molecule has 0 heterocycles. The molecule has 0 saturated heterocycles. The van der Waals surface area contributed by atoms with Gasteiger partial charge in [0.05, 0.1) is 10.6 Å². The smallest absolute Gasteiger partial charge is 0.267 e. The highest BCUT2D eigenvalue weighted by molar-refractivity contribution is 6.37. The molecule has 0 saturated carbocycles. The second-order valence-corrected chi connectivity index (χ2v) is 7.88. The van der Waals surface area contributed by atoms with E-state index in [4.69, 9.17) is 27.9 Å². The third kappa shape index (κ3) is 5.53. The summed E-state index contributed by atoms with van der Waals surface area (Å²) < 4.78 is 5.79. The van der Waals surface area contributed by atoms with Crippen LogP contribution in [0.15, 0.2) is 72.8 Å². The number of hydrogen-bond donors (Lipinski definition) is 2. The molecule has 2 amide bonds. The van der Waals surface area contributed by atoms with Crippen molar-refractivity contribution in [2.24, 2.45) is 0 Å². The fraction of sp³-hybridized carbons (Fsp3) is 0.130. The van der Waals surface area contributed by atoms with Gasteiger partial charge in [-0.15, -0.1) is 0 Å². The first kappa shape index (κ1) is 21.7. The number of carbonyl (C=O) groups is 2. The standard InChI is InChI=1S/C23H20Cl2N2O3/c1-23(2,30-18-6-4-3-5-7-18)22(29)27-17-11-9-16(10-12-17)26-21(28)19-13-8-15(24)14-20(19)25/h3-14H,1-2H3,(H,26,28)(H,27,29). The van der Waals surface area contributed by atoms with Gasteiger partial charge < -0.3 is 15.4 Å². The number of ether oxygens (including phenoxy) is 1. The molecule has 0 aliphatic carbocycles. The minimum atomic E-state index is -1.07. The summed E-state index contributed by atoms with van der Waals surface area (Å²) in [7, 11) is 0. The van der Waals surface area contributed by atoms with Crippen LogP contribution in [0.3, 0.4) is 0 Å². The first-order valence-electron chi connectivity index (χ1n) is 9.16. The van der Waals surface area contributed by atoms with Crippen LogP contribution in [0.25, 0.3) is 0 Å². The first-order valence-corrected chi connectivity index (χ1v) is 9.92. The maximum atomic E-state index is 12.6. The van der Waals surface area contributed by atoms with Crippen LogP contribution in [0.1, 0.15) is 24.2 Å². The molecular weight excluding hydrogens is 423 g/mol. The maximum absolute atomic E-state index is 12.6. The van der Waals surface area contributed by atoms with E-state index in [-0.39, 0.29) is 16.8 Å². The zero-order chi connectivity index (χ0) is 21.7. The van der Waals surface area contributed by atoms with Gasteiger partial charge in [0.1, 0.15) is 5.75 Å². The van der Waals surface area contributed by atoms with E-state index < -0.39 is 5.60 Å². The van der Waals surface area contributed by atoms with E-state index in [0.29, 0.717) is 27.7 Å². The summed E-state index contributed by atoms with van der Waals surface area (Å²) >= 11 is 11.9. The van der Waals surface area contributed by atoms with Gasteiger partial charge in [0.25, 0.3) is 11.8 Å². The summed E-state index contributed by atoms with van der Waals surface area (Å²) in [6.07, 6.45) is 0. The van der Waals surface area contributed by atoms with Crippen LogP contribution < -0.4 is 15.4 Å². The van der Waals surface area contributed by atoms with Crippen LogP contribution >= 0.6 is 23.2 Å². The number of anilines is 2. The molecule has 0 atom stereocenters. The average molecular weight is 443 g/mol. The third-order valence-electron chi connectivity index (χ3n) is 4.24. The zero-order valence-electron chi connectivity index (χ0n) is 16.4. The second-order valence-electron chi connectivity index (χ2n) is 7.04. The molecule has 0 aliphatic rings. The van der Waals surface area contributed by atoms with Crippen molar-refractivity contribution in [2.45, 2.75) is 19.4 Å². The molecule has 3 aromatic carbocycles. The molecule has 5 nitrogen and oxygen atoms in total. The molecule has 0 bridgehead atoms. The van der Waals surface area contributed by atoms with E-state index in [0.717, 1.165) is 0 Å². The molecule has 154 valence electrons. The van der Waals surface area contributed by atoms with Crippen molar-refractivity contribution in [2.75, 3.05) is 10.6 Å². The lowest BCUT2D eigenvalue weighted by molar-refractivity contribution is -0.128. The van der Waals surface area contributed by atoms with Crippen LogP contribution in [0.5, 0.6) is 5.75 Å². The van der Waals surface area contributed by atoms with Crippen LogP contribution in [-0.2, 0) is 4.79 Å². The van der Waals surface area contributed by atoms with Crippen LogP contribution in [-0.4, -0.2) is 17.4 Å². The number of para-hydroxylation sites is 1. The van der Waals surface area contributed by atoms with Crippen molar-refractivity contribution in [1.82, 2.24) is 0 Å². The molecule has 0 spiro atoms. The molecule has 3 rings (SSSR count). The van der Waals surface area contributed by atoms with Gasteiger partial charge in [-0.1, -0.05) is 41.4 Å². The highest BCUT2D eigenvalue weighted by atomic mass is 35.5. The Morgan fingerprint density at radius 2 is 1.43 bits per heavy atom. The Hall–Kier alpha value is -3.02. The van der Waals surface area contributed by atoms with Gasteiger partial charge in [0, 0.05) is 16.4 Å². The van der Waals surface area contributed by atoms with Crippen molar-refractivity contribution < 1.29 is 14.3 Å². The molecule has 0 unspecified atom stereocenters. The summed E-state index contributed by atoms with van der Waals surface area (Å²) in [6.45, 7) is 3.39. The highest BCUT2D eigenvalue weighted by Gasteiger charge is 2.30. The number of amides is 2. The number of benzene rings is 3. The lowest BCUT2D eigenvalue weighted by Crippen LogP contribution is -2.42. The molecule has 7 heteroatoms. The van der Waals surface area contributed by atoms with Crippen LogP contribution in [0.4, 0.5) is 11.4 Å². The number of nitrogens with one attached hydrogen (secondary N) is 2. The predicted molar refractivity (Wildman–Crippen MR) is 121 cm³/mol. The number of hydrogen-bond acceptors (Lipinski definition) is 3. The van der Waals surface area contributed by atoms with E-state index in [1.54, 1.807) is 62.4 Å². The molecule has 0 fully saturated rings. The van der Waals surface area contributed by atoms with Gasteiger partial charge in [0.15, 0.2) is 5.60 Å². The average Bonchev–Trinajstić information content (AvgIpc) is 2.69. The molecule has 30 heavy (non-hydrogen) atoms. The molecule has 0 aliphatic heterocycles. The van der Waals surface area contributed by atoms with Gasteiger partial charge in [0.2, 0.25) is 0 Å². The molecule has 0 aromatic heterocycles. The Labute approximate surface area is 185 Å². The number of carbonyl (C=O) groups excluding carboxylic acids is 2. The summed E-state index contributed by atoms with van der Waals surface area (Å²) in [5, 5.41) is 6.30. The first-order chi connectivity index (χ1) is 14.2. The highest BCUT2D eigenvalue weighted by Crippen LogP contribution is 2.23. The van der Waals surface area contributed by atoms with Gasteiger partial charge in [-0.2, -0.15) is 0 Å². The lowest BCUT2D eigenvalue weighted by atomic mass is 10.1. The van der Waals surface area contributed by atoms with Crippen molar-refractivity contribution in [3.05, 3.63) is 88.4 Å². The van der Waals surface area contributed by atoms with Crippen molar-refractivity contribution >= 4 is 46.4 Å². The van der Waals surface area contributed by atoms with Crippen LogP contribution in [0, 0.1) is 0 Å².